The zero-order valence-corrected chi connectivity index (χ0v) is 10.5. The van der Waals surface area contributed by atoms with Crippen molar-refractivity contribution in [3.63, 3.8) is 0 Å². The van der Waals surface area contributed by atoms with Gasteiger partial charge in [0, 0.05) is 6.42 Å². The molecule has 2 heteroatoms. The Morgan fingerprint density at radius 3 is 2.27 bits per heavy atom. The average Bonchev–Trinajstić information content (AvgIpc) is 2.17. The Kier molecular flexibility index (Phi) is 5.07. The summed E-state index contributed by atoms with van der Waals surface area (Å²) in [4.78, 5) is 0. The molecule has 1 aliphatic rings. The van der Waals surface area contributed by atoms with E-state index in [2.05, 4.69) is 20.8 Å². The van der Waals surface area contributed by atoms with Gasteiger partial charge in [0.25, 0.3) is 0 Å². The predicted octanol–water partition coefficient (Wildman–Crippen LogP) is 3.48. The molecule has 0 amide bonds. The molecule has 0 spiro atoms. The van der Waals surface area contributed by atoms with Crippen molar-refractivity contribution in [1.29, 1.82) is 0 Å². The Labute approximate surface area is 94.0 Å². The minimum absolute atomic E-state index is 0.0213. The van der Waals surface area contributed by atoms with Crippen LogP contribution in [-0.2, 0) is 4.74 Å². The van der Waals surface area contributed by atoms with E-state index in [4.69, 9.17) is 4.74 Å². The molecule has 1 saturated carbocycles. The largest absolute Gasteiger partial charge is 0.368 e. The number of rotatable bonds is 5. The summed E-state index contributed by atoms with van der Waals surface area (Å²) in [7, 11) is 0. The molecule has 0 aromatic heterocycles. The molecule has 1 unspecified atom stereocenters. The van der Waals surface area contributed by atoms with Crippen molar-refractivity contribution in [3.05, 3.63) is 0 Å². The maximum Gasteiger partial charge on any atom is 0.155 e. The highest BCUT2D eigenvalue weighted by Gasteiger charge is 2.33. The first-order chi connectivity index (χ1) is 7.08. The van der Waals surface area contributed by atoms with E-state index in [1.165, 1.54) is 19.3 Å². The SMILES string of the molecule is CCC1(OC(O)CC(C)C)CCCCC1. The number of hydrogen-bond donors (Lipinski definition) is 1. The molecule has 90 valence electrons. The van der Waals surface area contributed by atoms with Crippen LogP contribution in [0, 0.1) is 5.92 Å². The van der Waals surface area contributed by atoms with E-state index < -0.39 is 6.29 Å². The zero-order valence-electron chi connectivity index (χ0n) is 10.5. The molecule has 0 saturated heterocycles. The summed E-state index contributed by atoms with van der Waals surface area (Å²) < 4.78 is 5.89. The molecule has 0 aromatic rings. The van der Waals surface area contributed by atoms with Crippen molar-refractivity contribution in [2.45, 2.75) is 77.6 Å². The van der Waals surface area contributed by atoms with Gasteiger partial charge < -0.3 is 9.84 Å². The normalized spacial score (nSPS) is 23.0. The molecule has 0 aliphatic heterocycles. The van der Waals surface area contributed by atoms with Crippen LogP contribution in [0.4, 0.5) is 0 Å². The Bertz CT molecular complexity index is 171. The number of aliphatic hydroxyl groups excluding tert-OH is 1. The van der Waals surface area contributed by atoms with Crippen molar-refractivity contribution in [3.8, 4) is 0 Å². The van der Waals surface area contributed by atoms with Gasteiger partial charge in [-0.1, -0.05) is 40.0 Å². The predicted molar refractivity (Wildman–Crippen MR) is 62.7 cm³/mol. The second kappa shape index (κ2) is 5.86. The van der Waals surface area contributed by atoms with Gasteiger partial charge in [-0.05, 0) is 25.2 Å². The third-order valence-electron chi connectivity index (χ3n) is 3.47. The van der Waals surface area contributed by atoms with Crippen molar-refractivity contribution in [1.82, 2.24) is 0 Å². The van der Waals surface area contributed by atoms with E-state index in [0.717, 1.165) is 25.7 Å². The number of hydrogen-bond acceptors (Lipinski definition) is 2. The molecule has 2 nitrogen and oxygen atoms in total. The Hall–Kier alpha value is -0.0800. The van der Waals surface area contributed by atoms with Crippen LogP contribution in [-0.4, -0.2) is 17.0 Å². The highest BCUT2D eigenvalue weighted by molar-refractivity contribution is 4.83. The summed E-state index contributed by atoms with van der Waals surface area (Å²) in [6.07, 6.45) is 7.29. The second-order valence-electron chi connectivity index (χ2n) is 5.30. The summed E-state index contributed by atoms with van der Waals surface area (Å²) >= 11 is 0. The topological polar surface area (TPSA) is 29.5 Å². The fourth-order valence-electron chi connectivity index (χ4n) is 2.49. The first-order valence-electron chi connectivity index (χ1n) is 6.44. The molecular formula is C13H26O2. The quantitative estimate of drug-likeness (QED) is 0.710. The highest BCUT2D eigenvalue weighted by atomic mass is 16.6. The maximum absolute atomic E-state index is 9.85. The third kappa shape index (κ3) is 4.12. The molecule has 1 fully saturated rings. The molecule has 0 bridgehead atoms. The Morgan fingerprint density at radius 2 is 1.80 bits per heavy atom. The van der Waals surface area contributed by atoms with Crippen molar-refractivity contribution < 1.29 is 9.84 Å². The first-order valence-corrected chi connectivity index (χ1v) is 6.44. The molecule has 15 heavy (non-hydrogen) atoms. The molecular weight excluding hydrogens is 188 g/mol. The van der Waals surface area contributed by atoms with E-state index >= 15 is 0 Å². The molecule has 0 aromatic carbocycles. The minimum Gasteiger partial charge on any atom is -0.368 e. The van der Waals surface area contributed by atoms with Gasteiger partial charge in [-0.15, -0.1) is 0 Å². The van der Waals surface area contributed by atoms with Crippen molar-refractivity contribution in [2.24, 2.45) is 5.92 Å². The highest BCUT2D eigenvalue weighted by Crippen LogP contribution is 2.35. The van der Waals surface area contributed by atoms with Crippen LogP contribution >= 0.6 is 0 Å². The van der Waals surface area contributed by atoms with Crippen LogP contribution in [0.2, 0.25) is 0 Å². The standard InChI is InChI=1S/C13H26O2/c1-4-13(8-6-5-7-9-13)15-12(14)10-11(2)3/h11-12,14H,4-10H2,1-3H3. The summed E-state index contributed by atoms with van der Waals surface area (Å²) in [6.45, 7) is 6.41. The lowest BCUT2D eigenvalue weighted by Crippen LogP contribution is -2.38. The Balaban J connectivity index is 2.43. The summed E-state index contributed by atoms with van der Waals surface area (Å²) in [5, 5.41) is 9.85. The Morgan fingerprint density at radius 1 is 1.20 bits per heavy atom. The van der Waals surface area contributed by atoms with Gasteiger partial charge in [0.2, 0.25) is 0 Å². The van der Waals surface area contributed by atoms with Crippen LogP contribution in [0.1, 0.15) is 65.7 Å². The molecule has 1 atom stereocenters. The fourth-order valence-corrected chi connectivity index (χ4v) is 2.49. The van der Waals surface area contributed by atoms with Gasteiger partial charge in [0.1, 0.15) is 0 Å². The van der Waals surface area contributed by atoms with Crippen LogP contribution in [0.25, 0.3) is 0 Å². The van der Waals surface area contributed by atoms with Gasteiger partial charge in [-0.25, -0.2) is 0 Å². The van der Waals surface area contributed by atoms with Crippen LogP contribution < -0.4 is 0 Å². The van der Waals surface area contributed by atoms with Gasteiger partial charge in [0.05, 0.1) is 5.60 Å². The van der Waals surface area contributed by atoms with Gasteiger partial charge in [-0.2, -0.15) is 0 Å². The van der Waals surface area contributed by atoms with E-state index in [9.17, 15) is 5.11 Å². The van der Waals surface area contributed by atoms with Crippen LogP contribution in [0.3, 0.4) is 0 Å². The minimum atomic E-state index is -0.567. The van der Waals surface area contributed by atoms with Gasteiger partial charge in [0.15, 0.2) is 6.29 Å². The molecule has 1 aliphatic carbocycles. The zero-order chi connectivity index (χ0) is 11.3. The molecule has 1 rings (SSSR count). The summed E-state index contributed by atoms with van der Waals surface area (Å²) in [6, 6.07) is 0. The van der Waals surface area contributed by atoms with E-state index in [-0.39, 0.29) is 5.60 Å². The smallest absolute Gasteiger partial charge is 0.155 e. The number of ether oxygens (including phenoxy) is 1. The molecule has 0 radical (unpaired) electrons. The maximum atomic E-state index is 9.85. The van der Waals surface area contributed by atoms with Crippen LogP contribution in [0.5, 0.6) is 0 Å². The van der Waals surface area contributed by atoms with Crippen molar-refractivity contribution >= 4 is 0 Å². The summed E-state index contributed by atoms with van der Waals surface area (Å²) in [5.41, 5.74) is -0.0213. The second-order valence-corrected chi connectivity index (χ2v) is 5.30. The van der Waals surface area contributed by atoms with E-state index in [1.807, 2.05) is 0 Å². The van der Waals surface area contributed by atoms with Crippen molar-refractivity contribution in [2.75, 3.05) is 0 Å². The third-order valence-corrected chi connectivity index (χ3v) is 3.47. The lowest BCUT2D eigenvalue weighted by atomic mass is 9.82. The van der Waals surface area contributed by atoms with E-state index in [0.29, 0.717) is 5.92 Å². The summed E-state index contributed by atoms with van der Waals surface area (Å²) in [5.74, 6) is 0.498. The number of aliphatic hydroxyl groups is 1. The van der Waals surface area contributed by atoms with E-state index in [1.54, 1.807) is 0 Å². The van der Waals surface area contributed by atoms with Crippen LogP contribution in [0.15, 0.2) is 0 Å². The van der Waals surface area contributed by atoms with Gasteiger partial charge >= 0.3 is 0 Å². The molecule has 1 N–H and O–H groups in total. The fraction of sp³-hybridized carbons (Fsp3) is 1.00. The lowest BCUT2D eigenvalue weighted by molar-refractivity contribution is -0.203. The average molecular weight is 214 g/mol. The monoisotopic (exact) mass is 214 g/mol. The molecule has 0 heterocycles. The first kappa shape index (κ1) is 13.0. The lowest BCUT2D eigenvalue weighted by Gasteiger charge is -2.38. The van der Waals surface area contributed by atoms with Gasteiger partial charge in [-0.3, -0.25) is 0 Å².